The molecule has 1 aromatic heterocycles. The van der Waals surface area contributed by atoms with Crippen LogP contribution in [-0.4, -0.2) is 23.8 Å². The number of halogens is 4. The molecule has 0 fully saturated rings. The number of aromatic nitrogens is 1. The van der Waals surface area contributed by atoms with Gasteiger partial charge in [0.1, 0.15) is 0 Å². The standard InChI is InChI=1S/C15H14ClF3N2O2S/c1-10-13-3-2-6-20(13)7-8-21(10)24(22,23)14-5-4-11(16)9-12(14)15(17,18)19/h2-6,9-10H,7-8H2,1H3/t10-/m1/s1. The van der Waals surface area contributed by atoms with Gasteiger partial charge in [-0.25, -0.2) is 8.42 Å². The topological polar surface area (TPSA) is 42.3 Å². The first kappa shape index (κ1) is 17.3. The lowest BCUT2D eigenvalue weighted by Crippen LogP contribution is -2.41. The molecule has 3 rings (SSSR count). The summed E-state index contributed by atoms with van der Waals surface area (Å²) in [6, 6.07) is 5.70. The number of rotatable bonds is 2. The van der Waals surface area contributed by atoms with Crippen LogP contribution in [0.5, 0.6) is 0 Å². The van der Waals surface area contributed by atoms with Crippen LogP contribution in [0.1, 0.15) is 24.2 Å². The van der Waals surface area contributed by atoms with Crippen molar-refractivity contribution in [1.82, 2.24) is 8.87 Å². The average molecular weight is 379 g/mol. The van der Waals surface area contributed by atoms with Gasteiger partial charge in [0.25, 0.3) is 0 Å². The molecule has 0 saturated carbocycles. The second-order valence-corrected chi connectivity index (χ2v) is 7.85. The Bertz CT molecular complexity index is 877. The summed E-state index contributed by atoms with van der Waals surface area (Å²) in [5.74, 6) is 0. The number of alkyl halides is 3. The fraction of sp³-hybridized carbons (Fsp3) is 0.333. The number of sulfonamides is 1. The van der Waals surface area contributed by atoms with E-state index in [1.54, 1.807) is 19.1 Å². The summed E-state index contributed by atoms with van der Waals surface area (Å²) in [7, 11) is -4.32. The van der Waals surface area contributed by atoms with Gasteiger partial charge in [-0.1, -0.05) is 11.6 Å². The first-order chi connectivity index (χ1) is 11.1. The quantitative estimate of drug-likeness (QED) is 0.794. The summed E-state index contributed by atoms with van der Waals surface area (Å²) in [5, 5.41) is -0.165. The fourth-order valence-electron chi connectivity index (χ4n) is 2.96. The number of hydrogen-bond donors (Lipinski definition) is 0. The molecule has 0 amide bonds. The highest BCUT2D eigenvalue weighted by molar-refractivity contribution is 7.89. The van der Waals surface area contributed by atoms with Gasteiger partial charge in [-0.3, -0.25) is 0 Å². The zero-order valence-electron chi connectivity index (χ0n) is 12.6. The number of hydrogen-bond acceptors (Lipinski definition) is 2. The van der Waals surface area contributed by atoms with Gasteiger partial charge >= 0.3 is 6.18 Å². The van der Waals surface area contributed by atoms with E-state index in [9.17, 15) is 21.6 Å². The van der Waals surface area contributed by atoms with Crippen LogP contribution in [0, 0.1) is 0 Å². The van der Waals surface area contributed by atoms with Crippen LogP contribution in [0.3, 0.4) is 0 Å². The van der Waals surface area contributed by atoms with Gasteiger partial charge in [-0.05, 0) is 37.3 Å². The maximum Gasteiger partial charge on any atom is 0.417 e. The third-order valence-electron chi connectivity index (χ3n) is 4.12. The Hall–Kier alpha value is -1.51. The van der Waals surface area contributed by atoms with Crippen LogP contribution in [0.15, 0.2) is 41.4 Å². The maximum absolute atomic E-state index is 13.3. The molecule has 24 heavy (non-hydrogen) atoms. The van der Waals surface area contributed by atoms with E-state index in [2.05, 4.69) is 0 Å². The third kappa shape index (κ3) is 2.82. The van der Waals surface area contributed by atoms with Crippen LogP contribution in [0.2, 0.25) is 5.02 Å². The number of fused-ring (bicyclic) bond motifs is 1. The molecule has 9 heteroatoms. The number of nitrogens with zero attached hydrogens (tertiary/aromatic N) is 2. The van der Waals surface area contributed by atoms with Crippen molar-refractivity contribution in [3.05, 3.63) is 52.8 Å². The molecule has 0 N–H and O–H groups in total. The van der Waals surface area contributed by atoms with Crippen molar-refractivity contribution in [2.24, 2.45) is 0 Å². The molecule has 0 spiro atoms. The van der Waals surface area contributed by atoms with E-state index in [0.717, 1.165) is 22.1 Å². The van der Waals surface area contributed by atoms with E-state index in [1.807, 2.05) is 10.8 Å². The third-order valence-corrected chi connectivity index (χ3v) is 6.38. The zero-order valence-corrected chi connectivity index (χ0v) is 14.2. The molecule has 1 aromatic carbocycles. The fourth-order valence-corrected chi connectivity index (χ4v) is 4.92. The number of benzene rings is 1. The van der Waals surface area contributed by atoms with E-state index in [0.29, 0.717) is 12.6 Å². The van der Waals surface area contributed by atoms with E-state index in [4.69, 9.17) is 11.6 Å². The van der Waals surface area contributed by atoms with Crippen LogP contribution >= 0.6 is 11.6 Å². The summed E-state index contributed by atoms with van der Waals surface area (Å²) in [4.78, 5) is -0.772. The normalized spacial score (nSPS) is 19.3. The summed E-state index contributed by atoms with van der Waals surface area (Å²) < 4.78 is 68.6. The Morgan fingerprint density at radius 1 is 1.21 bits per heavy atom. The Kier molecular flexibility index (Phi) is 4.17. The van der Waals surface area contributed by atoms with Crippen LogP contribution in [0.25, 0.3) is 0 Å². The summed E-state index contributed by atoms with van der Waals surface area (Å²) >= 11 is 5.63. The lowest BCUT2D eigenvalue weighted by Gasteiger charge is -2.34. The molecule has 0 saturated heterocycles. The molecule has 2 aromatic rings. The molecule has 1 aliphatic heterocycles. The van der Waals surface area contributed by atoms with Crippen LogP contribution < -0.4 is 0 Å². The van der Waals surface area contributed by atoms with Crippen molar-refractivity contribution in [3.63, 3.8) is 0 Å². The van der Waals surface area contributed by atoms with Gasteiger partial charge in [0.05, 0.1) is 16.5 Å². The predicted molar refractivity (Wildman–Crippen MR) is 83.2 cm³/mol. The van der Waals surface area contributed by atoms with Crippen LogP contribution in [-0.2, 0) is 22.7 Å². The van der Waals surface area contributed by atoms with Crippen molar-refractivity contribution in [1.29, 1.82) is 0 Å². The molecule has 130 valence electrons. The second kappa shape index (κ2) is 5.79. The maximum atomic E-state index is 13.3. The summed E-state index contributed by atoms with van der Waals surface area (Å²) in [5.41, 5.74) is -0.504. The van der Waals surface area contributed by atoms with Gasteiger partial charge in [-0.15, -0.1) is 0 Å². The molecule has 1 atom stereocenters. The molecule has 0 aliphatic carbocycles. The molecule has 4 nitrogen and oxygen atoms in total. The Balaban J connectivity index is 2.10. The minimum absolute atomic E-state index is 0.102. The molecular formula is C15H14ClF3N2O2S. The van der Waals surface area contributed by atoms with E-state index in [1.165, 1.54) is 0 Å². The molecule has 1 aliphatic rings. The van der Waals surface area contributed by atoms with Gasteiger partial charge < -0.3 is 4.57 Å². The second-order valence-electron chi connectivity index (χ2n) is 5.56. The van der Waals surface area contributed by atoms with Gasteiger partial charge in [0.2, 0.25) is 10.0 Å². The molecule has 0 bridgehead atoms. The smallest absolute Gasteiger partial charge is 0.349 e. The van der Waals surface area contributed by atoms with Crippen LogP contribution in [0.4, 0.5) is 13.2 Å². The molecule has 0 unspecified atom stereocenters. The first-order valence-electron chi connectivity index (χ1n) is 7.16. The molecule has 0 radical (unpaired) electrons. The van der Waals surface area contributed by atoms with Crippen molar-refractivity contribution in [2.75, 3.05) is 6.54 Å². The summed E-state index contributed by atoms with van der Waals surface area (Å²) in [6.07, 6.45) is -2.99. The lowest BCUT2D eigenvalue weighted by atomic mass is 10.2. The Morgan fingerprint density at radius 2 is 1.92 bits per heavy atom. The zero-order chi connectivity index (χ0) is 17.7. The van der Waals surface area contributed by atoms with E-state index in [-0.39, 0.29) is 11.6 Å². The first-order valence-corrected chi connectivity index (χ1v) is 8.98. The average Bonchev–Trinajstić information content (AvgIpc) is 2.95. The monoisotopic (exact) mass is 378 g/mol. The van der Waals surface area contributed by atoms with Crippen molar-refractivity contribution < 1.29 is 21.6 Å². The van der Waals surface area contributed by atoms with Crippen molar-refractivity contribution >= 4 is 21.6 Å². The highest BCUT2D eigenvalue weighted by atomic mass is 35.5. The van der Waals surface area contributed by atoms with Gasteiger partial charge in [0.15, 0.2) is 0 Å². The highest BCUT2D eigenvalue weighted by Gasteiger charge is 2.41. The molecular weight excluding hydrogens is 365 g/mol. The predicted octanol–water partition coefficient (Wildman–Crippen LogP) is 3.93. The van der Waals surface area contributed by atoms with Crippen molar-refractivity contribution in [3.8, 4) is 0 Å². The lowest BCUT2D eigenvalue weighted by molar-refractivity contribution is -0.139. The Morgan fingerprint density at radius 3 is 2.58 bits per heavy atom. The minimum Gasteiger partial charge on any atom is -0.349 e. The van der Waals surface area contributed by atoms with Crippen molar-refractivity contribution in [2.45, 2.75) is 30.6 Å². The van der Waals surface area contributed by atoms with E-state index >= 15 is 0 Å². The SMILES string of the molecule is C[C@@H]1c2cccn2CCN1S(=O)(=O)c1ccc(Cl)cc1C(F)(F)F. The van der Waals surface area contributed by atoms with E-state index < -0.39 is 32.7 Å². The Labute approximate surface area is 142 Å². The minimum atomic E-state index is -4.81. The van der Waals surface area contributed by atoms with Gasteiger partial charge in [-0.2, -0.15) is 17.5 Å². The summed E-state index contributed by atoms with van der Waals surface area (Å²) in [6.45, 7) is 2.15. The molecule has 2 heterocycles. The van der Waals surface area contributed by atoms with Gasteiger partial charge in [0, 0.05) is 30.0 Å². The highest BCUT2D eigenvalue weighted by Crippen LogP contribution is 2.39. The largest absolute Gasteiger partial charge is 0.417 e.